The van der Waals surface area contributed by atoms with Gasteiger partial charge in [0.15, 0.2) is 0 Å². The molecule has 0 fully saturated rings. The van der Waals surface area contributed by atoms with Crippen LogP contribution in [0.3, 0.4) is 0 Å². The fourth-order valence-corrected chi connectivity index (χ4v) is 1.73. The van der Waals surface area contributed by atoms with Gasteiger partial charge in [-0.05, 0) is 37.1 Å². The fraction of sp³-hybridized carbons (Fsp3) is 0.625. The maximum Gasteiger partial charge on any atom is 0.126 e. The predicted molar refractivity (Wildman–Crippen MR) is 82.2 cm³/mol. The molecule has 0 spiro atoms. The van der Waals surface area contributed by atoms with Crippen molar-refractivity contribution in [1.82, 2.24) is 0 Å². The molecule has 1 aromatic rings. The van der Waals surface area contributed by atoms with E-state index in [0.717, 1.165) is 25.1 Å². The van der Waals surface area contributed by atoms with Gasteiger partial charge < -0.3 is 19.9 Å². The van der Waals surface area contributed by atoms with Gasteiger partial charge in [-0.3, -0.25) is 0 Å². The Labute approximate surface area is 126 Å². The van der Waals surface area contributed by atoms with E-state index in [1.807, 2.05) is 0 Å². The summed E-state index contributed by atoms with van der Waals surface area (Å²) < 4.78 is 23.8. The summed E-state index contributed by atoms with van der Waals surface area (Å²) >= 11 is 0. The quantitative estimate of drug-likeness (QED) is 0.617. The van der Waals surface area contributed by atoms with Crippen molar-refractivity contribution in [3.63, 3.8) is 0 Å². The first-order valence-corrected chi connectivity index (χ1v) is 7.47. The Bertz CT molecular complexity index is 401. The van der Waals surface area contributed by atoms with Crippen LogP contribution in [-0.4, -0.2) is 44.2 Å². The molecule has 0 aromatic heterocycles. The minimum Gasteiger partial charge on any atom is -0.389 e. The van der Waals surface area contributed by atoms with E-state index in [2.05, 4.69) is 12.2 Å². The molecule has 0 radical (unpaired) electrons. The zero-order valence-electron chi connectivity index (χ0n) is 12.9. The molecule has 0 aliphatic carbocycles. The largest absolute Gasteiger partial charge is 0.389 e. The molecule has 21 heavy (non-hydrogen) atoms. The second kappa shape index (κ2) is 10.5. The van der Waals surface area contributed by atoms with Crippen molar-refractivity contribution in [2.75, 3.05) is 38.3 Å². The average molecular weight is 299 g/mol. The summed E-state index contributed by atoms with van der Waals surface area (Å²) in [6.45, 7) is 6.23. The maximum absolute atomic E-state index is 13.1. The number of aryl methyl sites for hydroxylation is 1. The van der Waals surface area contributed by atoms with E-state index < -0.39 is 6.10 Å². The van der Waals surface area contributed by atoms with Crippen molar-refractivity contribution in [3.05, 3.63) is 29.6 Å². The fourth-order valence-electron chi connectivity index (χ4n) is 1.73. The third-order valence-corrected chi connectivity index (χ3v) is 3.02. The van der Waals surface area contributed by atoms with Crippen LogP contribution in [0.5, 0.6) is 0 Å². The molecule has 0 heterocycles. The van der Waals surface area contributed by atoms with Crippen molar-refractivity contribution in [1.29, 1.82) is 0 Å². The molecule has 1 aromatic carbocycles. The monoisotopic (exact) mass is 299 g/mol. The zero-order valence-corrected chi connectivity index (χ0v) is 12.9. The van der Waals surface area contributed by atoms with E-state index in [-0.39, 0.29) is 12.4 Å². The van der Waals surface area contributed by atoms with Crippen molar-refractivity contribution in [2.24, 2.45) is 0 Å². The highest BCUT2D eigenvalue weighted by Crippen LogP contribution is 2.13. The van der Waals surface area contributed by atoms with Crippen LogP contribution >= 0.6 is 0 Å². The Kier molecular flexibility index (Phi) is 8.98. The Morgan fingerprint density at radius 2 is 2.00 bits per heavy atom. The summed E-state index contributed by atoms with van der Waals surface area (Å²) in [5.74, 6) is -0.229. The molecule has 5 heteroatoms. The van der Waals surface area contributed by atoms with Gasteiger partial charge in [-0.2, -0.15) is 0 Å². The molecule has 0 aliphatic rings. The van der Waals surface area contributed by atoms with Crippen LogP contribution in [0, 0.1) is 12.7 Å². The van der Waals surface area contributed by atoms with Gasteiger partial charge in [-0.1, -0.05) is 13.3 Å². The Hall–Kier alpha value is -1.17. The molecule has 1 unspecified atom stereocenters. The molecule has 0 saturated heterocycles. The molecule has 2 N–H and O–H groups in total. The lowest BCUT2D eigenvalue weighted by Gasteiger charge is -2.14. The van der Waals surface area contributed by atoms with Gasteiger partial charge in [0.05, 0.1) is 25.9 Å². The van der Waals surface area contributed by atoms with E-state index in [0.29, 0.717) is 25.3 Å². The smallest absolute Gasteiger partial charge is 0.126 e. The second-order valence-electron chi connectivity index (χ2n) is 5.04. The van der Waals surface area contributed by atoms with Gasteiger partial charge in [-0.15, -0.1) is 0 Å². The number of ether oxygens (including phenoxy) is 2. The highest BCUT2D eigenvalue weighted by Gasteiger charge is 2.05. The van der Waals surface area contributed by atoms with Gasteiger partial charge >= 0.3 is 0 Å². The molecule has 0 saturated carbocycles. The van der Waals surface area contributed by atoms with Crippen molar-refractivity contribution in [2.45, 2.75) is 32.8 Å². The van der Waals surface area contributed by atoms with Crippen LogP contribution in [0.2, 0.25) is 0 Å². The number of nitrogens with one attached hydrogen (secondary N) is 1. The first-order chi connectivity index (χ1) is 10.1. The maximum atomic E-state index is 13.1. The third kappa shape index (κ3) is 7.99. The summed E-state index contributed by atoms with van der Waals surface area (Å²) in [4.78, 5) is 0. The van der Waals surface area contributed by atoms with Gasteiger partial charge in [-0.25, -0.2) is 4.39 Å². The van der Waals surface area contributed by atoms with Crippen molar-refractivity contribution in [3.8, 4) is 0 Å². The molecule has 4 nitrogen and oxygen atoms in total. The number of aliphatic hydroxyl groups is 1. The number of halogens is 1. The number of hydrogen-bond donors (Lipinski definition) is 2. The number of benzene rings is 1. The molecule has 0 bridgehead atoms. The minimum atomic E-state index is -0.606. The number of unbranched alkanes of at least 4 members (excludes halogenated alkanes) is 1. The van der Waals surface area contributed by atoms with E-state index in [1.165, 1.54) is 6.07 Å². The van der Waals surface area contributed by atoms with Crippen LogP contribution < -0.4 is 5.32 Å². The highest BCUT2D eigenvalue weighted by molar-refractivity contribution is 5.45. The standard InChI is InChI=1S/C16H26FNO3/c1-3-4-7-20-8-9-21-12-15(19)11-18-14-5-6-16(17)13(2)10-14/h5-6,10,15,18-19H,3-4,7-9,11-12H2,1-2H3. The normalized spacial score (nSPS) is 12.4. The topological polar surface area (TPSA) is 50.7 Å². The molecule has 0 amide bonds. The van der Waals surface area contributed by atoms with Crippen LogP contribution in [0.15, 0.2) is 18.2 Å². The summed E-state index contributed by atoms with van der Waals surface area (Å²) in [6.07, 6.45) is 1.57. The lowest BCUT2D eigenvalue weighted by Crippen LogP contribution is -2.25. The SMILES string of the molecule is CCCCOCCOCC(O)CNc1ccc(F)c(C)c1. The predicted octanol–water partition coefficient (Wildman–Crippen LogP) is 2.74. The van der Waals surface area contributed by atoms with Crippen LogP contribution in [0.25, 0.3) is 0 Å². The molecule has 1 rings (SSSR count). The minimum absolute atomic E-state index is 0.229. The molecule has 120 valence electrons. The van der Waals surface area contributed by atoms with Crippen molar-refractivity contribution >= 4 is 5.69 Å². The van der Waals surface area contributed by atoms with Crippen LogP contribution in [-0.2, 0) is 9.47 Å². The summed E-state index contributed by atoms with van der Waals surface area (Å²) in [6, 6.07) is 4.77. The molecular formula is C16H26FNO3. The third-order valence-electron chi connectivity index (χ3n) is 3.02. The highest BCUT2D eigenvalue weighted by atomic mass is 19.1. The number of hydrogen-bond acceptors (Lipinski definition) is 4. The van der Waals surface area contributed by atoms with E-state index in [9.17, 15) is 9.50 Å². The first-order valence-electron chi connectivity index (χ1n) is 7.47. The van der Waals surface area contributed by atoms with Gasteiger partial charge in [0.25, 0.3) is 0 Å². The second-order valence-corrected chi connectivity index (χ2v) is 5.04. The molecule has 0 aliphatic heterocycles. The van der Waals surface area contributed by atoms with E-state index >= 15 is 0 Å². The zero-order chi connectivity index (χ0) is 15.5. The Morgan fingerprint density at radius 1 is 1.24 bits per heavy atom. The lowest BCUT2D eigenvalue weighted by atomic mass is 10.2. The summed E-state index contributed by atoms with van der Waals surface area (Å²) in [5.41, 5.74) is 1.37. The number of aliphatic hydroxyl groups excluding tert-OH is 1. The first kappa shape index (κ1) is 17.9. The number of rotatable bonds is 11. The molecular weight excluding hydrogens is 273 g/mol. The van der Waals surface area contributed by atoms with Gasteiger partial charge in [0.1, 0.15) is 5.82 Å². The van der Waals surface area contributed by atoms with Gasteiger partial charge in [0, 0.05) is 18.8 Å². The lowest BCUT2D eigenvalue weighted by molar-refractivity contribution is 0.00749. The van der Waals surface area contributed by atoms with E-state index in [1.54, 1.807) is 19.1 Å². The Balaban J connectivity index is 2.08. The summed E-state index contributed by atoms with van der Waals surface area (Å²) in [7, 11) is 0. The molecule has 1 atom stereocenters. The number of anilines is 1. The van der Waals surface area contributed by atoms with Crippen molar-refractivity contribution < 1.29 is 19.0 Å². The van der Waals surface area contributed by atoms with Gasteiger partial charge in [0.2, 0.25) is 0 Å². The van der Waals surface area contributed by atoms with E-state index in [4.69, 9.17) is 9.47 Å². The average Bonchev–Trinajstić information content (AvgIpc) is 2.47. The summed E-state index contributed by atoms with van der Waals surface area (Å²) in [5, 5.41) is 12.8. The van der Waals surface area contributed by atoms with Crippen LogP contribution in [0.1, 0.15) is 25.3 Å². The Morgan fingerprint density at radius 3 is 2.71 bits per heavy atom. The van der Waals surface area contributed by atoms with Crippen LogP contribution in [0.4, 0.5) is 10.1 Å².